The van der Waals surface area contributed by atoms with Crippen molar-refractivity contribution in [3.63, 3.8) is 0 Å². The number of para-hydroxylation sites is 2. The van der Waals surface area contributed by atoms with Gasteiger partial charge in [0.1, 0.15) is 11.4 Å². The summed E-state index contributed by atoms with van der Waals surface area (Å²) in [5, 5.41) is 0. The molecule has 3 heterocycles. The lowest BCUT2D eigenvalue weighted by molar-refractivity contribution is -0.155. The molecule has 5 nitrogen and oxygen atoms in total. The first-order valence-corrected chi connectivity index (χ1v) is 7.54. The fourth-order valence-corrected chi connectivity index (χ4v) is 3.27. The maximum Gasteiger partial charge on any atom is 0.254 e. The highest BCUT2D eigenvalue weighted by molar-refractivity contribution is 5.86. The number of ether oxygens (including phenoxy) is 1. The normalized spacial score (nSPS) is 26.2. The Balaban J connectivity index is 1.46. The van der Waals surface area contributed by atoms with E-state index >= 15 is 0 Å². The molecule has 0 spiro atoms. The summed E-state index contributed by atoms with van der Waals surface area (Å²) >= 11 is 0. The van der Waals surface area contributed by atoms with Gasteiger partial charge in [-0.25, -0.2) is 4.98 Å². The fourth-order valence-electron chi connectivity index (χ4n) is 3.27. The molecule has 2 fully saturated rings. The van der Waals surface area contributed by atoms with Crippen molar-refractivity contribution in [3.05, 3.63) is 30.1 Å². The zero-order valence-corrected chi connectivity index (χ0v) is 12.1. The highest BCUT2D eigenvalue weighted by atomic mass is 16.5. The second kappa shape index (κ2) is 4.56. The Morgan fingerprint density at radius 1 is 1.43 bits per heavy atom. The first-order chi connectivity index (χ1) is 10.2. The summed E-state index contributed by atoms with van der Waals surface area (Å²) in [6.07, 6.45) is 1.81. The summed E-state index contributed by atoms with van der Waals surface area (Å²) in [5.41, 5.74) is 1.45. The van der Waals surface area contributed by atoms with Gasteiger partial charge in [-0.05, 0) is 31.9 Å². The van der Waals surface area contributed by atoms with Crippen LogP contribution in [0.2, 0.25) is 0 Å². The third-order valence-electron chi connectivity index (χ3n) is 4.63. The van der Waals surface area contributed by atoms with Crippen LogP contribution < -0.4 is 0 Å². The first kappa shape index (κ1) is 12.8. The van der Waals surface area contributed by atoms with Gasteiger partial charge in [0.15, 0.2) is 0 Å². The predicted octanol–water partition coefficient (Wildman–Crippen LogP) is 2.06. The van der Waals surface area contributed by atoms with E-state index in [2.05, 4.69) is 9.97 Å². The Morgan fingerprint density at radius 3 is 2.95 bits per heavy atom. The summed E-state index contributed by atoms with van der Waals surface area (Å²) in [6, 6.07) is 8.02. The van der Waals surface area contributed by atoms with Gasteiger partial charge in [-0.3, -0.25) is 4.79 Å². The molecule has 2 aliphatic heterocycles. The van der Waals surface area contributed by atoms with E-state index in [1.54, 1.807) is 0 Å². The van der Waals surface area contributed by atoms with Crippen LogP contribution in [-0.2, 0) is 9.53 Å². The molecule has 21 heavy (non-hydrogen) atoms. The minimum absolute atomic E-state index is 0.132. The molecule has 1 aromatic carbocycles. The Bertz CT molecular complexity index is 649. The van der Waals surface area contributed by atoms with Crippen molar-refractivity contribution >= 4 is 16.9 Å². The molecule has 0 unspecified atom stereocenters. The number of amides is 1. The third-order valence-corrected chi connectivity index (χ3v) is 4.63. The molecule has 110 valence electrons. The molecular formula is C16H19N3O2. The number of benzene rings is 1. The molecule has 0 saturated carbocycles. The lowest BCUT2D eigenvalue weighted by Gasteiger charge is -2.41. The van der Waals surface area contributed by atoms with Crippen LogP contribution in [0.25, 0.3) is 11.0 Å². The van der Waals surface area contributed by atoms with Gasteiger partial charge >= 0.3 is 0 Å². The standard InChI is InChI=1S/C16H19N3O2/c1-16(7-4-8-21-16)15(20)19-9-11(10-19)14-17-12-5-2-3-6-13(12)18-14/h2-3,5-6,11H,4,7-10H2,1H3,(H,17,18)/t16-/m0/s1. The summed E-state index contributed by atoms with van der Waals surface area (Å²) in [4.78, 5) is 22.3. The largest absolute Gasteiger partial charge is 0.365 e. The number of carbonyl (C=O) groups excluding carboxylic acids is 1. The molecule has 2 aromatic rings. The Labute approximate surface area is 123 Å². The van der Waals surface area contributed by atoms with E-state index in [0.29, 0.717) is 12.5 Å². The molecule has 2 saturated heterocycles. The van der Waals surface area contributed by atoms with Crippen LogP contribution in [-0.4, -0.2) is 46.1 Å². The van der Waals surface area contributed by atoms with Crippen molar-refractivity contribution in [1.82, 2.24) is 14.9 Å². The topological polar surface area (TPSA) is 58.2 Å². The molecule has 0 radical (unpaired) electrons. The zero-order valence-electron chi connectivity index (χ0n) is 12.1. The average Bonchev–Trinajstić information content (AvgIpc) is 3.03. The van der Waals surface area contributed by atoms with Gasteiger partial charge < -0.3 is 14.6 Å². The van der Waals surface area contributed by atoms with Crippen LogP contribution in [0.1, 0.15) is 31.5 Å². The Hall–Kier alpha value is -1.88. The number of hydrogen-bond acceptors (Lipinski definition) is 3. The predicted molar refractivity (Wildman–Crippen MR) is 79.0 cm³/mol. The lowest BCUT2D eigenvalue weighted by atomic mass is 9.94. The van der Waals surface area contributed by atoms with Crippen LogP contribution in [0.4, 0.5) is 0 Å². The van der Waals surface area contributed by atoms with E-state index < -0.39 is 5.60 Å². The third kappa shape index (κ3) is 2.03. The van der Waals surface area contributed by atoms with E-state index in [1.165, 1.54) is 0 Å². The van der Waals surface area contributed by atoms with Crippen molar-refractivity contribution < 1.29 is 9.53 Å². The van der Waals surface area contributed by atoms with Crippen molar-refractivity contribution in [2.45, 2.75) is 31.3 Å². The molecule has 1 aromatic heterocycles. The van der Waals surface area contributed by atoms with Crippen LogP contribution in [0.15, 0.2) is 24.3 Å². The number of hydrogen-bond donors (Lipinski definition) is 1. The monoisotopic (exact) mass is 285 g/mol. The van der Waals surface area contributed by atoms with Gasteiger partial charge in [-0.15, -0.1) is 0 Å². The van der Waals surface area contributed by atoms with Crippen LogP contribution in [0.5, 0.6) is 0 Å². The highest BCUT2D eigenvalue weighted by Gasteiger charge is 2.45. The Kier molecular flexibility index (Phi) is 2.79. The quantitative estimate of drug-likeness (QED) is 0.919. The van der Waals surface area contributed by atoms with Crippen molar-refractivity contribution in [3.8, 4) is 0 Å². The van der Waals surface area contributed by atoms with E-state index in [-0.39, 0.29) is 5.91 Å². The minimum Gasteiger partial charge on any atom is -0.365 e. The number of rotatable bonds is 2. The smallest absolute Gasteiger partial charge is 0.254 e. The Morgan fingerprint density at radius 2 is 2.24 bits per heavy atom. The molecule has 4 rings (SSSR count). The fraction of sp³-hybridized carbons (Fsp3) is 0.500. The summed E-state index contributed by atoms with van der Waals surface area (Å²) < 4.78 is 5.63. The minimum atomic E-state index is -0.598. The van der Waals surface area contributed by atoms with Gasteiger partial charge in [0.2, 0.25) is 0 Å². The number of aromatic amines is 1. The number of aromatic nitrogens is 2. The van der Waals surface area contributed by atoms with Crippen LogP contribution in [0.3, 0.4) is 0 Å². The summed E-state index contributed by atoms with van der Waals surface area (Å²) in [5.74, 6) is 1.43. The number of fused-ring (bicyclic) bond motifs is 1. The van der Waals surface area contributed by atoms with Crippen LogP contribution in [0, 0.1) is 0 Å². The summed E-state index contributed by atoms with van der Waals surface area (Å²) in [6.45, 7) is 4.08. The van der Waals surface area contributed by atoms with Gasteiger partial charge in [0.05, 0.1) is 17.0 Å². The van der Waals surface area contributed by atoms with E-state index in [1.807, 2.05) is 36.1 Å². The number of H-pyrrole nitrogens is 1. The number of imidazole rings is 1. The molecule has 2 aliphatic rings. The molecule has 0 bridgehead atoms. The maximum atomic E-state index is 12.5. The van der Waals surface area contributed by atoms with E-state index in [9.17, 15) is 4.79 Å². The number of likely N-dealkylation sites (tertiary alicyclic amines) is 1. The maximum absolute atomic E-state index is 12.5. The number of nitrogens with one attached hydrogen (secondary N) is 1. The summed E-state index contributed by atoms with van der Waals surface area (Å²) in [7, 11) is 0. The van der Waals surface area contributed by atoms with Gasteiger partial charge in [0, 0.05) is 19.7 Å². The highest BCUT2D eigenvalue weighted by Crippen LogP contribution is 2.33. The molecular weight excluding hydrogens is 266 g/mol. The molecule has 0 aliphatic carbocycles. The van der Waals surface area contributed by atoms with Gasteiger partial charge in [-0.1, -0.05) is 12.1 Å². The zero-order chi connectivity index (χ0) is 14.4. The SMILES string of the molecule is C[C@@]1(C(=O)N2CC(c3nc4ccccc4[nH]3)C2)CCCO1. The van der Waals surface area contributed by atoms with Crippen molar-refractivity contribution in [1.29, 1.82) is 0 Å². The molecule has 1 N–H and O–H groups in total. The number of carbonyl (C=O) groups is 1. The average molecular weight is 285 g/mol. The number of nitrogens with zero attached hydrogens (tertiary/aromatic N) is 2. The molecule has 5 heteroatoms. The van der Waals surface area contributed by atoms with Crippen molar-refractivity contribution in [2.24, 2.45) is 0 Å². The van der Waals surface area contributed by atoms with E-state index in [4.69, 9.17) is 4.74 Å². The molecule has 1 atom stereocenters. The van der Waals surface area contributed by atoms with Gasteiger partial charge in [0.25, 0.3) is 5.91 Å². The lowest BCUT2D eigenvalue weighted by Crippen LogP contribution is -2.56. The van der Waals surface area contributed by atoms with Crippen LogP contribution >= 0.6 is 0 Å². The second-order valence-corrected chi connectivity index (χ2v) is 6.23. The van der Waals surface area contributed by atoms with Gasteiger partial charge in [-0.2, -0.15) is 0 Å². The molecule has 1 amide bonds. The van der Waals surface area contributed by atoms with E-state index in [0.717, 1.165) is 42.8 Å². The first-order valence-electron chi connectivity index (χ1n) is 7.54. The van der Waals surface area contributed by atoms with Crippen molar-refractivity contribution in [2.75, 3.05) is 19.7 Å². The second-order valence-electron chi connectivity index (χ2n) is 6.23.